The van der Waals surface area contributed by atoms with E-state index >= 15 is 0 Å². The molecule has 2 rings (SSSR count). The fourth-order valence-electron chi connectivity index (χ4n) is 3.18. The number of methoxy groups -OCH3 is 1. The van der Waals surface area contributed by atoms with Gasteiger partial charge in [0.1, 0.15) is 11.6 Å². The molecule has 0 aliphatic rings. The van der Waals surface area contributed by atoms with Crippen LogP contribution in [0.3, 0.4) is 0 Å². The number of aryl methyl sites for hydroxylation is 2. The van der Waals surface area contributed by atoms with Crippen molar-refractivity contribution >= 4 is 23.4 Å². The van der Waals surface area contributed by atoms with E-state index in [4.69, 9.17) is 19.9 Å². The van der Waals surface area contributed by atoms with Crippen LogP contribution in [0.1, 0.15) is 30.9 Å². The second kappa shape index (κ2) is 12.6. The second-order valence-corrected chi connectivity index (χ2v) is 7.75. The van der Waals surface area contributed by atoms with Gasteiger partial charge in [0.15, 0.2) is 18.9 Å². The lowest BCUT2D eigenvalue weighted by Gasteiger charge is -2.24. The summed E-state index contributed by atoms with van der Waals surface area (Å²) in [5.41, 5.74) is 6.27. The number of nitrogens with zero attached hydrogens (tertiary/aromatic N) is 2. The molecule has 0 spiro atoms. The smallest absolute Gasteiger partial charge is 0.344 e. The number of H-pyrrole nitrogens is 1. The molecule has 2 aromatic rings. The average molecular weight is 477 g/mol. The fourth-order valence-corrected chi connectivity index (χ4v) is 3.18. The van der Waals surface area contributed by atoms with Crippen molar-refractivity contribution in [2.24, 2.45) is 0 Å². The highest BCUT2D eigenvalue weighted by molar-refractivity contribution is 5.97. The van der Waals surface area contributed by atoms with Crippen LogP contribution in [0.4, 0.5) is 11.5 Å². The molecule has 1 amide bonds. The molecule has 0 aliphatic carbocycles. The molecule has 1 aromatic heterocycles. The van der Waals surface area contributed by atoms with Crippen molar-refractivity contribution in [1.29, 1.82) is 0 Å². The molecule has 1 heterocycles. The van der Waals surface area contributed by atoms with Crippen molar-refractivity contribution in [3.63, 3.8) is 0 Å². The number of esters is 1. The third kappa shape index (κ3) is 6.95. The number of hydrogen-bond donors (Lipinski definition) is 2. The Morgan fingerprint density at radius 2 is 1.91 bits per heavy atom. The predicted octanol–water partition coefficient (Wildman–Crippen LogP) is 1.14. The number of rotatable bonds is 12. The molecule has 1 aromatic carbocycles. The van der Waals surface area contributed by atoms with E-state index in [1.165, 1.54) is 11.7 Å². The third-order valence-electron chi connectivity index (χ3n) is 5.09. The number of hydrogen-bond acceptors (Lipinski definition) is 8. The quantitative estimate of drug-likeness (QED) is 0.434. The number of aromatic nitrogens is 2. The zero-order valence-corrected chi connectivity index (χ0v) is 20.0. The Morgan fingerprint density at radius 3 is 2.59 bits per heavy atom. The van der Waals surface area contributed by atoms with Crippen LogP contribution in [-0.2, 0) is 25.6 Å². The highest BCUT2D eigenvalue weighted by Gasteiger charge is 2.25. The largest absolute Gasteiger partial charge is 0.482 e. The number of carbonyl (C=O) groups excluding carboxylic acids is 2. The monoisotopic (exact) mass is 476 g/mol. The Kier molecular flexibility index (Phi) is 9.87. The summed E-state index contributed by atoms with van der Waals surface area (Å²) in [6.45, 7) is 4.98. The van der Waals surface area contributed by atoms with Gasteiger partial charge in [-0.2, -0.15) is 0 Å². The van der Waals surface area contributed by atoms with Crippen LogP contribution < -0.4 is 26.6 Å². The maximum Gasteiger partial charge on any atom is 0.344 e. The van der Waals surface area contributed by atoms with E-state index in [1.54, 1.807) is 6.07 Å². The number of nitrogen functional groups attached to an aromatic ring is 1. The zero-order chi connectivity index (χ0) is 25.3. The normalized spacial score (nSPS) is 10.7. The van der Waals surface area contributed by atoms with E-state index < -0.39 is 29.7 Å². The first-order valence-corrected chi connectivity index (χ1v) is 11.0. The molecule has 0 saturated carbocycles. The Balaban J connectivity index is 2.15. The number of nitrogens with two attached hydrogens (primary N) is 1. The van der Waals surface area contributed by atoms with Gasteiger partial charge >= 0.3 is 11.7 Å². The molecular formula is C23H32N4O7. The molecule has 186 valence electrons. The molecule has 0 fully saturated rings. The Morgan fingerprint density at radius 1 is 1.18 bits per heavy atom. The van der Waals surface area contributed by atoms with E-state index in [9.17, 15) is 19.2 Å². The highest BCUT2D eigenvalue weighted by Crippen LogP contribution is 2.19. The Bertz CT molecular complexity index is 1120. The summed E-state index contributed by atoms with van der Waals surface area (Å²) in [6, 6.07) is 5.59. The van der Waals surface area contributed by atoms with Gasteiger partial charge in [-0.25, -0.2) is 9.59 Å². The number of benzene rings is 1. The van der Waals surface area contributed by atoms with Crippen molar-refractivity contribution in [1.82, 2.24) is 9.55 Å². The molecule has 0 bridgehead atoms. The molecule has 11 nitrogen and oxygen atoms in total. The molecule has 0 aliphatic heterocycles. The second-order valence-electron chi connectivity index (χ2n) is 7.75. The molecule has 3 N–H and O–H groups in total. The molecular weight excluding hydrogens is 444 g/mol. The summed E-state index contributed by atoms with van der Waals surface area (Å²) in [4.78, 5) is 53.0. The lowest BCUT2D eigenvalue weighted by molar-refractivity contribution is -0.149. The summed E-state index contributed by atoms with van der Waals surface area (Å²) in [6.07, 6.45) is 1.45. The first-order valence-electron chi connectivity index (χ1n) is 11.0. The van der Waals surface area contributed by atoms with Gasteiger partial charge in [0.2, 0.25) is 0 Å². The van der Waals surface area contributed by atoms with Gasteiger partial charge in [-0.1, -0.05) is 25.5 Å². The van der Waals surface area contributed by atoms with Gasteiger partial charge in [0.25, 0.3) is 11.5 Å². The van der Waals surface area contributed by atoms with Crippen LogP contribution in [-0.4, -0.2) is 54.9 Å². The van der Waals surface area contributed by atoms with E-state index in [0.29, 0.717) is 12.2 Å². The van der Waals surface area contributed by atoms with Crippen LogP contribution in [0.5, 0.6) is 5.75 Å². The van der Waals surface area contributed by atoms with Crippen LogP contribution in [0.15, 0.2) is 27.8 Å². The molecule has 0 saturated heterocycles. The Hall–Kier alpha value is -3.60. The number of unbranched alkanes of at least 4 members (excludes halogenated alkanes) is 1. The number of amides is 1. The number of anilines is 2. The molecule has 0 radical (unpaired) electrons. The van der Waals surface area contributed by atoms with Gasteiger partial charge in [-0.15, -0.1) is 0 Å². The van der Waals surface area contributed by atoms with Gasteiger partial charge in [0.05, 0.1) is 6.61 Å². The van der Waals surface area contributed by atoms with Gasteiger partial charge in [-0.05, 0) is 37.5 Å². The summed E-state index contributed by atoms with van der Waals surface area (Å²) >= 11 is 0. The van der Waals surface area contributed by atoms with Crippen LogP contribution in [0.25, 0.3) is 0 Å². The lowest BCUT2D eigenvalue weighted by Crippen LogP contribution is -2.44. The van der Waals surface area contributed by atoms with Crippen molar-refractivity contribution in [2.45, 2.75) is 40.2 Å². The van der Waals surface area contributed by atoms with E-state index in [-0.39, 0.29) is 37.8 Å². The van der Waals surface area contributed by atoms with Gasteiger partial charge in [0, 0.05) is 20.2 Å². The molecule has 34 heavy (non-hydrogen) atoms. The first kappa shape index (κ1) is 26.7. The van der Waals surface area contributed by atoms with Crippen molar-refractivity contribution < 1.29 is 23.8 Å². The maximum atomic E-state index is 12.9. The SMILES string of the molecule is CCCCn1c(N)c(N(CCOC)C(=O)COC(=O)COc2cc(C)ccc2C)c(=O)[nH]c1=O. The minimum Gasteiger partial charge on any atom is -0.482 e. The first-order chi connectivity index (χ1) is 16.2. The number of ether oxygens (including phenoxy) is 3. The van der Waals surface area contributed by atoms with Crippen LogP contribution in [0, 0.1) is 13.8 Å². The Labute approximate surface area is 197 Å². The molecule has 0 atom stereocenters. The molecule has 11 heteroatoms. The topological polar surface area (TPSA) is 146 Å². The van der Waals surface area contributed by atoms with Crippen molar-refractivity contribution in [3.05, 3.63) is 50.2 Å². The average Bonchev–Trinajstić information content (AvgIpc) is 2.79. The van der Waals surface area contributed by atoms with Crippen molar-refractivity contribution in [2.75, 3.05) is 44.1 Å². The third-order valence-corrected chi connectivity index (χ3v) is 5.09. The zero-order valence-electron chi connectivity index (χ0n) is 20.0. The number of nitrogens with one attached hydrogen (secondary N) is 1. The van der Waals surface area contributed by atoms with Gasteiger partial charge in [-0.3, -0.25) is 24.0 Å². The van der Waals surface area contributed by atoms with Crippen molar-refractivity contribution in [3.8, 4) is 5.75 Å². The summed E-state index contributed by atoms with van der Waals surface area (Å²) in [5, 5.41) is 0. The molecule has 0 unspecified atom stereocenters. The summed E-state index contributed by atoms with van der Waals surface area (Å²) in [7, 11) is 1.43. The van der Waals surface area contributed by atoms with Gasteiger partial charge < -0.3 is 19.9 Å². The highest BCUT2D eigenvalue weighted by atomic mass is 16.6. The van der Waals surface area contributed by atoms with E-state index in [2.05, 4.69) is 4.98 Å². The fraction of sp³-hybridized carbons (Fsp3) is 0.478. The lowest BCUT2D eigenvalue weighted by atomic mass is 10.1. The predicted molar refractivity (Wildman–Crippen MR) is 127 cm³/mol. The van der Waals surface area contributed by atoms with Crippen LogP contribution >= 0.6 is 0 Å². The van der Waals surface area contributed by atoms with E-state index in [0.717, 1.165) is 22.4 Å². The number of carbonyl (C=O) groups is 2. The minimum absolute atomic E-state index is 0.0366. The standard InChI is InChI=1S/C23H32N4O7/c1-5-6-9-27-21(24)20(22(30)25-23(27)31)26(10-11-32-4)18(28)13-34-19(29)14-33-17-12-15(2)7-8-16(17)3/h7-8,12H,5-6,9-11,13-14,24H2,1-4H3,(H,25,30,31). The van der Waals surface area contributed by atoms with Crippen LogP contribution in [0.2, 0.25) is 0 Å². The van der Waals surface area contributed by atoms with E-state index in [1.807, 2.05) is 32.9 Å². The minimum atomic E-state index is -0.815. The summed E-state index contributed by atoms with van der Waals surface area (Å²) in [5.74, 6) is -1.05. The number of aromatic amines is 1. The summed E-state index contributed by atoms with van der Waals surface area (Å²) < 4.78 is 16.8. The maximum absolute atomic E-state index is 12.9.